The number of likely N-dealkylation sites (N-methyl/N-ethyl adjacent to an activating group) is 1. The number of sulfonamides is 1. The van der Waals surface area contributed by atoms with E-state index in [0.717, 1.165) is 4.31 Å². The molecule has 0 saturated heterocycles. The summed E-state index contributed by atoms with van der Waals surface area (Å²) in [5.74, 6) is -1.52. The molecule has 1 aromatic carbocycles. The summed E-state index contributed by atoms with van der Waals surface area (Å²) in [6.07, 6.45) is 0.152. The second kappa shape index (κ2) is 7.56. The molecule has 8 heteroatoms. The molecule has 0 saturated carbocycles. The van der Waals surface area contributed by atoms with Gasteiger partial charge in [-0.1, -0.05) is 19.9 Å². The van der Waals surface area contributed by atoms with Crippen molar-refractivity contribution in [3.05, 3.63) is 29.8 Å². The van der Waals surface area contributed by atoms with E-state index in [9.17, 15) is 23.1 Å². The highest BCUT2D eigenvalue weighted by atomic mass is 32.2. The van der Waals surface area contributed by atoms with E-state index in [1.165, 1.54) is 29.2 Å². The van der Waals surface area contributed by atoms with Crippen LogP contribution in [0.15, 0.2) is 29.2 Å². The predicted octanol–water partition coefficient (Wildman–Crippen LogP) is 1.26. The third kappa shape index (κ3) is 4.08. The molecule has 0 radical (unpaired) electrons. The maximum absolute atomic E-state index is 12.8. The molecular weight excluding hydrogens is 320 g/mol. The summed E-state index contributed by atoms with van der Waals surface area (Å²) in [4.78, 5) is 24.5. The number of amides is 1. The minimum atomic E-state index is -4.01. The summed E-state index contributed by atoms with van der Waals surface area (Å²) >= 11 is 0. The molecule has 0 fully saturated rings. The molecule has 1 atom stereocenters. The number of hydrogen-bond donors (Lipinski definition) is 1. The first-order valence-corrected chi connectivity index (χ1v) is 8.67. The lowest BCUT2D eigenvalue weighted by molar-refractivity contribution is -0.141. The van der Waals surface area contributed by atoms with Crippen molar-refractivity contribution in [2.45, 2.75) is 31.2 Å². The maximum Gasteiger partial charge on any atom is 0.322 e. The van der Waals surface area contributed by atoms with Crippen molar-refractivity contribution in [3.63, 3.8) is 0 Å². The summed E-state index contributed by atoms with van der Waals surface area (Å²) in [6, 6.07) is 4.48. The molecule has 1 amide bonds. The number of carbonyl (C=O) groups is 2. The highest BCUT2D eigenvalue weighted by Gasteiger charge is 2.33. The number of carboxylic acid groups (broad SMARTS) is 1. The van der Waals surface area contributed by atoms with Crippen LogP contribution in [0.25, 0.3) is 0 Å². The Hall–Kier alpha value is -1.93. The molecule has 1 rings (SSSR count). The predicted molar refractivity (Wildman–Crippen MR) is 85.7 cm³/mol. The van der Waals surface area contributed by atoms with Crippen LogP contribution in [0.3, 0.4) is 0 Å². The monoisotopic (exact) mass is 342 g/mol. The van der Waals surface area contributed by atoms with E-state index in [1.54, 1.807) is 27.9 Å². The van der Waals surface area contributed by atoms with Gasteiger partial charge in [0.15, 0.2) is 0 Å². The van der Waals surface area contributed by atoms with Crippen molar-refractivity contribution < 1.29 is 23.1 Å². The lowest BCUT2D eigenvalue weighted by Crippen LogP contribution is -2.44. The van der Waals surface area contributed by atoms with Gasteiger partial charge in [-0.3, -0.25) is 9.59 Å². The van der Waals surface area contributed by atoms with Crippen LogP contribution in [-0.2, 0) is 14.8 Å². The molecule has 1 aromatic rings. The fraction of sp³-hybridized carbons (Fsp3) is 0.467. The fourth-order valence-electron chi connectivity index (χ4n) is 2.24. The number of carboxylic acids is 1. The fourth-order valence-corrected chi connectivity index (χ4v) is 3.95. The third-order valence-corrected chi connectivity index (χ3v) is 5.40. The Morgan fingerprint density at radius 1 is 1.22 bits per heavy atom. The van der Waals surface area contributed by atoms with Gasteiger partial charge < -0.3 is 10.0 Å². The van der Waals surface area contributed by atoms with Crippen LogP contribution in [0.5, 0.6) is 0 Å². The van der Waals surface area contributed by atoms with Crippen LogP contribution in [-0.4, -0.2) is 61.3 Å². The topological polar surface area (TPSA) is 95.0 Å². The number of hydrogen-bond acceptors (Lipinski definition) is 4. The first-order chi connectivity index (χ1) is 10.7. The normalized spacial score (nSPS) is 12.9. The van der Waals surface area contributed by atoms with Crippen molar-refractivity contribution in [1.82, 2.24) is 9.21 Å². The Balaban J connectivity index is 3.34. The number of aliphatic carboxylic acids is 1. The molecule has 0 aliphatic rings. The van der Waals surface area contributed by atoms with Crippen LogP contribution < -0.4 is 0 Å². The lowest BCUT2D eigenvalue weighted by atomic mass is 10.2. The molecule has 0 aliphatic heterocycles. The van der Waals surface area contributed by atoms with Crippen LogP contribution in [0.2, 0.25) is 0 Å². The Bertz CT molecular complexity index is 685. The van der Waals surface area contributed by atoms with Crippen LogP contribution in [0, 0.1) is 0 Å². The van der Waals surface area contributed by atoms with Crippen molar-refractivity contribution in [3.8, 4) is 0 Å². The van der Waals surface area contributed by atoms with Gasteiger partial charge in [-0.05, 0) is 24.6 Å². The van der Waals surface area contributed by atoms with E-state index in [1.807, 2.05) is 0 Å². The van der Waals surface area contributed by atoms with Gasteiger partial charge in [-0.15, -0.1) is 0 Å². The van der Waals surface area contributed by atoms with E-state index < -0.39 is 22.0 Å². The quantitative estimate of drug-likeness (QED) is 0.805. The average molecular weight is 342 g/mol. The summed E-state index contributed by atoms with van der Waals surface area (Å²) in [6.45, 7) is 3.22. The number of carbonyl (C=O) groups excluding carboxylic acids is 1. The zero-order valence-corrected chi connectivity index (χ0v) is 14.5. The van der Waals surface area contributed by atoms with E-state index >= 15 is 0 Å². The zero-order chi connectivity index (χ0) is 17.8. The van der Waals surface area contributed by atoms with E-state index in [4.69, 9.17) is 0 Å². The molecule has 1 unspecified atom stereocenters. The van der Waals surface area contributed by atoms with Crippen molar-refractivity contribution in [2.24, 2.45) is 0 Å². The van der Waals surface area contributed by atoms with Crippen molar-refractivity contribution in [1.29, 1.82) is 0 Å². The van der Waals surface area contributed by atoms with Gasteiger partial charge in [0.2, 0.25) is 10.0 Å². The van der Waals surface area contributed by atoms with Gasteiger partial charge in [0.05, 0.1) is 4.90 Å². The Morgan fingerprint density at radius 2 is 1.83 bits per heavy atom. The highest BCUT2D eigenvalue weighted by Crippen LogP contribution is 2.21. The summed E-state index contributed by atoms with van der Waals surface area (Å²) < 4.78 is 26.4. The minimum absolute atomic E-state index is 0.0268. The van der Waals surface area contributed by atoms with E-state index in [2.05, 4.69) is 0 Å². The Morgan fingerprint density at radius 3 is 2.26 bits per heavy atom. The number of benzene rings is 1. The second-order valence-electron chi connectivity index (χ2n) is 5.20. The molecule has 7 nitrogen and oxygen atoms in total. The lowest BCUT2D eigenvalue weighted by Gasteiger charge is -2.26. The summed E-state index contributed by atoms with van der Waals surface area (Å²) in [5, 5.41) is 9.23. The summed E-state index contributed by atoms with van der Waals surface area (Å²) in [7, 11) is -0.870. The second-order valence-corrected chi connectivity index (χ2v) is 7.09. The van der Waals surface area contributed by atoms with Gasteiger partial charge >= 0.3 is 5.97 Å². The Labute approximate surface area is 136 Å². The maximum atomic E-state index is 12.8. The smallest absolute Gasteiger partial charge is 0.322 e. The molecule has 23 heavy (non-hydrogen) atoms. The van der Waals surface area contributed by atoms with E-state index in [-0.39, 0.29) is 29.3 Å². The van der Waals surface area contributed by atoms with E-state index in [0.29, 0.717) is 0 Å². The van der Waals surface area contributed by atoms with Gasteiger partial charge in [-0.2, -0.15) is 4.31 Å². The standard InChI is InChI=1S/C15H22N2O5S/c1-5-13(15(19)20)17(6-2)23(21,22)12-9-7-8-11(10-12)14(18)16(3)4/h7-10,13H,5-6H2,1-4H3,(H,19,20). The molecule has 0 bridgehead atoms. The largest absolute Gasteiger partial charge is 0.480 e. The summed E-state index contributed by atoms with van der Waals surface area (Å²) in [5.41, 5.74) is 0.232. The third-order valence-electron chi connectivity index (χ3n) is 3.42. The first kappa shape index (κ1) is 19.1. The van der Waals surface area contributed by atoms with Gasteiger partial charge in [-0.25, -0.2) is 8.42 Å². The Kier molecular flexibility index (Phi) is 6.28. The average Bonchev–Trinajstić information content (AvgIpc) is 2.50. The SMILES string of the molecule is CCC(C(=O)O)N(CC)S(=O)(=O)c1cccc(C(=O)N(C)C)c1. The molecule has 1 N–H and O–H groups in total. The van der Waals surface area contributed by atoms with Crippen molar-refractivity contribution >= 4 is 21.9 Å². The molecule has 0 aromatic heterocycles. The highest BCUT2D eigenvalue weighted by molar-refractivity contribution is 7.89. The number of nitrogens with zero attached hydrogens (tertiary/aromatic N) is 2. The zero-order valence-electron chi connectivity index (χ0n) is 13.7. The minimum Gasteiger partial charge on any atom is -0.480 e. The first-order valence-electron chi connectivity index (χ1n) is 7.23. The molecule has 0 heterocycles. The molecule has 0 spiro atoms. The van der Waals surface area contributed by atoms with Gasteiger partial charge in [0.1, 0.15) is 6.04 Å². The molecule has 128 valence electrons. The van der Waals surface area contributed by atoms with Gasteiger partial charge in [0, 0.05) is 26.2 Å². The van der Waals surface area contributed by atoms with Crippen LogP contribution >= 0.6 is 0 Å². The van der Waals surface area contributed by atoms with Crippen LogP contribution in [0.1, 0.15) is 30.6 Å². The van der Waals surface area contributed by atoms with Crippen LogP contribution in [0.4, 0.5) is 0 Å². The van der Waals surface area contributed by atoms with Gasteiger partial charge in [0.25, 0.3) is 5.91 Å². The molecule has 0 aliphatic carbocycles. The van der Waals surface area contributed by atoms with Crippen molar-refractivity contribution in [2.75, 3.05) is 20.6 Å². The number of rotatable bonds is 7. The molecular formula is C15H22N2O5S.